The number of aryl methyl sites for hydroxylation is 1. The molecule has 1 fully saturated rings. The molecule has 30 heavy (non-hydrogen) atoms. The monoisotopic (exact) mass is 429 g/mol. The SMILES string of the molecule is O=C(NCCCSc1ccc(F)cc1)Nc1ccc(CCC(=O)N2CCCC2)cc1. The molecule has 1 heterocycles. The van der Waals surface area contributed by atoms with E-state index in [2.05, 4.69) is 10.6 Å². The second kappa shape index (κ2) is 11.6. The molecule has 2 aromatic rings. The molecule has 0 saturated carbocycles. The number of benzene rings is 2. The number of nitrogens with zero attached hydrogens (tertiary/aromatic N) is 1. The molecule has 0 spiro atoms. The van der Waals surface area contributed by atoms with Crippen LogP contribution in [0.5, 0.6) is 0 Å². The van der Waals surface area contributed by atoms with Gasteiger partial charge in [-0.3, -0.25) is 4.79 Å². The quantitative estimate of drug-likeness (QED) is 0.449. The second-order valence-corrected chi connectivity index (χ2v) is 8.49. The van der Waals surface area contributed by atoms with Crippen LogP contribution in [0.15, 0.2) is 53.4 Å². The minimum Gasteiger partial charge on any atom is -0.343 e. The van der Waals surface area contributed by atoms with Crippen molar-refractivity contribution in [1.82, 2.24) is 10.2 Å². The Labute approximate surface area is 181 Å². The highest BCUT2D eigenvalue weighted by Crippen LogP contribution is 2.18. The van der Waals surface area contributed by atoms with Gasteiger partial charge in [-0.15, -0.1) is 11.8 Å². The molecule has 1 aliphatic heterocycles. The van der Waals surface area contributed by atoms with Crippen molar-refractivity contribution in [3.63, 3.8) is 0 Å². The number of thioether (sulfide) groups is 1. The summed E-state index contributed by atoms with van der Waals surface area (Å²) in [6.45, 7) is 2.35. The zero-order valence-electron chi connectivity index (χ0n) is 17.0. The summed E-state index contributed by atoms with van der Waals surface area (Å²) in [5.41, 5.74) is 1.81. The molecule has 1 aliphatic rings. The Balaban J connectivity index is 1.30. The van der Waals surface area contributed by atoms with E-state index in [9.17, 15) is 14.0 Å². The molecule has 2 N–H and O–H groups in total. The number of urea groups is 1. The summed E-state index contributed by atoms with van der Waals surface area (Å²) >= 11 is 1.64. The van der Waals surface area contributed by atoms with Crippen LogP contribution in [0, 0.1) is 5.82 Å². The summed E-state index contributed by atoms with van der Waals surface area (Å²) in [6.07, 6.45) is 4.29. The van der Waals surface area contributed by atoms with Crippen molar-refractivity contribution in [2.75, 3.05) is 30.7 Å². The summed E-state index contributed by atoms with van der Waals surface area (Å²) in [6, 6.07) is 13.8. The Kier molecular flexibility index (Phi) is 8.56. The van der Waals surface area contributed by atoms with Gasteiger partial charge >= 0.3 is 6.03 Å². The van der Waals surface area contributed by atoms with Crippen molar-refractivity contribution in [3.8, 4) is 0 Å². The fraction of sp³-hybridized carbons (Fsp3) is 0.391. The summed E-state index contributed by atoms with van der Waals surface area (Å²) in [5, 5.41) is 5.66. The van der Waals surface area contributed by atoms with Crippen LogP contribution in [0.3, 0.4) is 0 Å². The fourth-order valence-corrected chi connectivity index (χ4v) is 4.15. The van der Waals surface area contributed by atoms with Crippen LogP contribution in [-0.2, 0) is 11.2 Å². The van der Waals surface area contributed by atoms with Crippen LogP contribution >= 0.6 is 11.8 Å². The Bertz CT molecular complexity index is 821. The molecule has 2 aromatic carbocycles. The standard InChI is InChI=1S/C23H28FN3O2S/c24-19-7-11-21(12-8-19)30-17-3-14-25-23(29)26-20-9-4-18(5-10-20)6-13-22(28)27-15-1-2-16-27/h4-5,7-12H,1-3,6,13-17H2,(H2,25,26,29). The first kappa shape index (κ1) is 22.2. The molecule has 0 unspecified atom stereocenters. The Morgan fingerprint density at radius 3 is 2.40 bits per heavy atom. The average molecular weight is 430 g/mol. The van der Waals surface area contributed by atoms with E-state index < -0.39 is 0 Å². The number of carbonyl (C=O) groups is 2. The largest absolute Gasteiger partial charge is 0.343 e. The van der Waals surface area contributed by atoms with E-state index in [0.717, 1.165) is 54.3 Å². The average Bonchev–Trinajstić information content (AvgIpc) is 3.29. The highest BCUT2D eigenvalue weighted by atomic mass is 32.2. The van der Waals surface area contributed by atoms with Crippen molar-refractivity contribution >= 4 is 29.4 Å². The molecular formula is C23H28FN3O2S. The van der Waals surface area contributed by atoms with Gasteiger partial charge < -0.3 is 15.5 Å². The maximum absolute atomic E-state index is 12.9. The van der Waals surface area contributed by atoms with Crippen molar-refractivity contribution in [2.24, 2.45) is 0 Å². The second-order valence-electron chi connectivity index (χ2n) is 7.32. The van der Waals surface area contributed by atoms with Crippen LogP contribution in [0.1, 0.15) is 31.2 Å². The van der Waals surface area contributed by atoms with E-state index in [-0.39, 0.29) is 17.8 Å². The molecule has 1 saturated heterocycles. The fourth-order valence-electron chi connectivity index (χ4n) is 3.30. The van der Waals surface area contributed by atoms with Gasteiger partial charge in [-0.25, -0.2) is 9.18 Å². The normalized spacial score (nSPS) is 13.3. The van der Waals surface area contributed by atoms with Gasteiger partial charge in [-0.05, 0) is 73.4 Å². The molecule has 0 radical (unpaired) electrons. The maximum atomic E-state index is 12.9. The number of anilines is 1. The molecular weight excluding hydrogens is 401 g/mol. The van der Waals surface area contributed by atoms with Crippen molar-refractivity contribution in [3.05, 3.63) is 59.9 Å². The van der Waals surface area contributed by atoms with E-state index in [1.165, 1.54) is 12.1 Å². The zero-order chi connectivity index (χ0) is 21.2. The van der Waals surface area contributed by atoms with E-state index in [1.807, 2.05) is 29.2 Å². The lowest BCUT2D eigenvalue weighted by Crippen LogP contribution is -2.29. The third-order valence-electron chi connectivity index (χ3n) is 4.99. The lowest BCUT2D eigenvalue weighted by Gasteiger charge is -2.15. The van der Waals surface area contributed by atoms with Crippen molar-refractivity contribution in [2.45, 2.75) is 37.0 Å². The highest BCUT2D eigenvalue weighted by molar-refractivity contribution is 7.99. The summed E-state index contributed by atoms with van der Waals surface area (Å²) < 4.78 is 12.9. The van der Waals surface area contributed by atoms with Gasteiger partial charge in [0.05, 0.1) is 0 Å². The predicted octanol–water partition coefficient (Wildman–Crippen LogP) is 4.68. The molecule has 0 atom stereocenters. The molecule has 3 rings (SSSR count). The number of carbonyl (C=O) groups excluding carboxylic acids is 2. The van der Waals surface area contributed by atoms with Gasteiger partial charge in [-0.1, -0.05) is 12.1 Å². The number of likely N-dealkylation sites (tertiary alicyclic amines) is 1. The van der Waals surface area contributed by atoms with E-state index in [1.54, 1.807) is 23.9 Å². The number of nitrogens with one attached hydrogen (secondary N) is 2. The van der Waals surface area contributed by atoms with Crippen LogP contribution in [0.4, 0.5) is 14.9 Å². The molecule has 3 amide bonds. The third kappa shape index (κ3) is 7.37. The Morgan fingerprint density at radius 1 is 1.00 bits per heavy atom. The first-order valence-electron chi connectivity index (χ1n) is 10.4. The van der Waals surface area contributed by atoms with Gasteiger partial charge in [0, 0.05) is 36.6 Å². The van der Waals surface area contributed by atoms with Crippen LogP contribution in [0.25, 0.3) is 0 Å². The van der Waals surface area contributed by atoms with Gasteiger partial charge in [0.15, 0.2) is 0 Å². The van der Waals surface area contributed by atoms with E-state index >= 15 is 0 Å². The number of halogens is 1. The Hall–Kier alpha value is -2.54. The van der Waals surface area contributed by atoms with Crippen LogP contribution < -0.4 is 10.6 Å². The zero-order valence-corrected chi connectivity index (χ0v) is 17.8. The highest BCUT2D eigenvalue weighted by Gasteiger charge is 2.17. The molecule has 160 valence electrons. The third-order valence-corrected chi connectivity index (χ3v) is 6.09. The Morgan fingerprint density at radius 2 is 1.70 bits per heavy atom. The van der Waals surface area contributed by atoms with Gasteiger partial charge in [-0.2, -0.15) is 0 Å². The van der Waals surface area contributed by atoms with Gasteiger partial charge in [0.1, 0.15) is 5.82 Å². The first-order chi connectivity index (χ1) is 14.6. The molecule has 0 aliphatic carbocycles. The molecule has 7 heteroatoms. The van der Waals surface area contributed by atoms with Crippen molar-refractivity contribution < 1.29 is 14.0 Å². The number of hydrogen-bond donors (Lipinski definition) is 2. The molecule has 0 aromatic heterocycles. The van der Waals surface area contributed by atoms with E-state index in [0.29, 0.717) is 19.4 Å². The smallest absolute Gasteiger partial charge is 0.319 e. The van der Waals surface area contributed by atoms with Crippen molar-refractivity contribution in [1.29, 1.82) is 0 Å². The minimum absolute atomic E-state index is 0.228. The predicted molar refractivity (Wildman–Crippen MR) is 119 cm³/mol. The number of rotatable bonds is 9. The lowest BCUT2D eigenvalue weighted by atomic mass is 10.1. The van der Waals surface area contributed by atoms with Crippen LogP contribution in [0.2, 0.25) is 0 Å². The summed E-state index contributed by atoms with van der Waals surface area (Å²) in [7, 11) is 0. The van der Waals surface area contributed by atoms with Gasteiger partial charge in [0.25, 0.3) is 0 Å². The lowest BCUT2D eigenvalue weighted by molar-refractivity contribution is -0.130. The minimum atomic E-state index is -0.237. The molecule has 5 nitrogen and oxygen atoms in total. The first-order valence-corrected chi connectivity index (χ1v) is 11.4. The summed E-state index contributed by atoms with van der Waals surface area (Å²) in [5.74, 6) is 0.837. The van der Waals surface area contributed by atoms with Gasteiger partial charge in [0.2, 0.25) is 5.91 Å². The van der Waals surface area contributed by atoms with Crippen LogP contribution in [-0.4, -0.2) is 42.2 Å². The number of amides is 3. The maximum Gasteiger partial charge on any atom is 0.319 e. The number of hydrogen-bond acceptors (Lipinski definition) is 3. The van der Waals surface area contributed by atoms with E-state index in [4.69, 9.17) is 0 Å². The topological polar surface area (TPSA) is 61.4 Å². The molecule has 0 bridgehead atoms. The summed E-state index contributed by atoms with van der Waals surface area (Å²) in [4.78, 5) is 27.1.